The minimum atomic E-state index is -0.312. The number of hydrogen-bond donors (Lipinski definition) is 1. The first-order chi connectivity index (χ1) is 18.7. The molecule has 8 heteroatoms. The van der Waals surface area contributed by atoms with E-state index in [1.54, 1.807) is 6.07 Å². The maximum Gasteiger partial charge on any atom is 0.268 e. The third-order valence-corrected chi connectivity index (χ3v) is 9.19. The average molecular weight is 532 g/mol. The first kappa shape index (κ1) is 23.9. The number of nitrogens with zero attached hydrogens (tertiary/aromatic N) is 2. The van der Waals surface area contributed by atoms with Crippen LogP contribution in [0.15, 0.2) is 70.5 Å². The van der Waals surface area contributed by atoms with E-state index in [1.807, 2.05) is 63.7 Å². The van der Waals surface area contributed by atoms with Crippen LogP contribution in [0.3, 0.4) is 0 Å². The standard InChI is InChI=1S/C30H30FN3O3S/c31-24-15-20(7-8-25(24)33-9-11-36-12-10-33)34(30(35)28-6-3-13-38-28)26(29-22-17-32-18-23(22)29)16-21-14-19-4-1-2-5-27(19)37-21/h1-8,13-15,22-23,26,29,32H,9-12,16-18H2. The summed E-state index contributed by atoms with van der Waals surface area (Å²) in [4.78, 5) is 18.6. The molecule has 1 aliphatic carbocycles. The van der Waals surface area contributed by atoms with Gasteiger partial charge in [-0.3, -0.25) is 4.79 Å². The molecule has 1 N–H and O–H groups in total. The summed E-state index contributed by atoms with van der Waals surface area (Å²) < 4.78 is 27.3. The maximum absolute atomic E-state index is 15.6. The minimum absolute atomic E-state index is 0.0856. The number of benzene rings is 2. The molecule has 38 heavy (non-hydrogen) atoms. The first-order valence-corrected chi connectivity index (χ1v) is 14.2. The molecule has 3 fully saturated rings. The Labute approximate surface area is 225 Å². The van der Waals surface area contributed by atoms with E-state index in [4.69, 9.17) is 9.15 Å². The average Bonchev–Trinajstić information content (AvgIpc) is 3.44. The van der Waals surface area contributed by atoms with Gasteiger partial charge in [-0.05, 0) is 72.6 Å². The second-order valence-electron chi connectivity index (χ2n) is 10.5. The summed E-state index contributed by atoms with van der Waals surface area (Å²) in [6, 6.07) is 18.9. The number of furan rings is 1. The van der Waals surface area contributed by atoms with E-state index in [9.17, 15) is 4.79 Å². The summed E-state index contributed by atoms with van der Waals surface area (Å²) >= 11 is 1.42. The zero-order valence-electron chi connectivity index (χ0n) is 21.0. The van der Waals surface area contributed by atoms with Crippen LogP contribution in [0.1, 0.15) is 15.4 Å². The molecule has 4 aromatic rings. The lowest BCUT2D eigenvalue weighted by molar-refractivity contribution is 0.0974. The number of thiophene rings is 1. The van der Waals surface area contributed by atoms with Crippen LogP contribution >= 0.6 is 11.3 Å². The Balaban J connectivity index is 1.29. The van der Waals surface area contributed by atoms with Crippen LogP contribution in [0.4, 0.5) is 15.8 Å². The van der Waals surface area contributed by atoms with E-state index in [-0.39, 0.29) is 17.8 Å². The third kappa shape index (κ3) is 4.30. The summed E-state index contributed by atoms with van der Waals surface area (Å²) in [6.07, 6.45) is 0.580. The minimum Gasteiger partial charge on any atom is -0.461 e. The molecule has 1 amide bonds. The predicted octanol–water partition coefficient (Wildman–Crippen LogP) is 5.19. The summed E-state index contributed by atoms with van der Waals surface area (Å²) in [7, 11) is 0. The number of fused-ring (bicyclic) bond motifs is 2. The fraction of sp³-hybridized carbons (Fsp3) is 0.367. The molecule has 0 radical (unpaired) electrons. The Morgan fingerprint density at radius 1 is 1.08 bits per heavy atom. The van der Waals surface area contributed by atoms with Crippen LogP contribution < -0.4 is 15.1 Å². The van der Waals surface area contributed by atoms with Crippen molar-refractivity contribution >= 4 is 39.6 Å². The molecule has 1 saturated carbocycles. The Morgan fingerprint density at radius 2 is 1.89 bits per heavy atom. The molecule has 0 bridgehead atoms. The molecule has 3 unspecified atom stereocenters. The normalized spacial score (nSPS) is 23.4. The molecule has 2 saturated heterocycles. The number of carbonyl (C=O) groups is 1. The van der Waals surface area contributed by atoms with Gasteiger partial charge in [-0.2, -0.15) is 0 Å². The Morgan fingerprint density at radius 3 is 2.63 bits per heavy atom. The lowest BCUT2D eigenvalue weighted by atomic mass is 9.99. The lowest BCUT2D eigenvalue weighted by Gasteiger charge is -2.34. The number of carbonyl (C=O) groups excluding carboxylic acids is 1. The van der Waals surface area contributed by atoms with Crippen LogP contribution in [0.5, 0.6) is 0 Å². The second-order valence-corrected chi connectivity index (χ2v) is 11.4. The number of ether oxygens (including phenoxy) is 1. The highest BCUT2D eigenvalue weighted by Gasteiger charge is 2.58. The van der Waals surface area contributed by atoms with Gasteiger partial charge in [0.1, 0.15) is 17.2 Å². The summed E-state index contributed by atoms with van der Waals surface area (Å²) in [6.45, 7) is 4.39. The summed E-state index contributed by atoms with van der Waals surface area (Å²) in [5.74, 6) is 1.81. The Kier molecular flexibility index (Phi) is 6.18. The molecular weight excluding hydrogens is 501 g/mol. The molecule has 7 rings (SSSR count). The number of rotatable bonds is 7. The topological polar surface area (TPSA) is 58.0 Å². The number of halogens is 1. The van der Waals surface area contributed by atoms with Gasteiger partial charge in [0, 0.05) is 36.6 Å². The summed E-state index contributed by atoms with van der Waals surface area (Å²) in [5, 5.41) is 6.45. The Hall–Kier alpha value is -3.20. The zero-order chi connectivity index (χ0) is 25.6. The van der Waals surface area contributed by atoms with E-state index in [1.165, 1.54) is 11.3 Å². The van der Waals surface area contributed by atoms with Crippen molar-refractivity contribution in [2.45, 2.75) is 12.5 Å². The van der Waals surface area contributed by atoms with Crippen molar-refractivity contribution in [1.29, 1.82) is 0 Å². The largest absolute Gasteiger partial charge is 0.461 e. The molecule has 2 aromatic carbocycles. The number of hydrogen-bond acceptors (Lipinski definition) is 6. The van der Waals surface area contributed by atoms with Crippen LogP contribution in [0.2, 0.25) is 0 Å². The van der Waals surface area contributed by atoms with E-state index in [0.29, 0.717) is 66.7 Å². The highest BCUT2D eigenvalue weighted by molar-refractivity contribution is 7.12. The van der Waals surface area contributed by atoms with E-state index >= 15 is 4.39 Å². The van der Waals surface area contributed by atoms with Crippen LogP contribution in [0.25, 0.3) is 11.0 Å². The first-order valence-electron chi connectivity index (χ1n) is 13.3. The van der Waals surface area contributed by atoms with Gasteiger partial charge in [0.05, 0.1) is 23.8 Å². The number of piperidine rings is 1. The molecule has 3 atom stereocenters. The predicted molar refractivity (Wildman–Crippen MR) is 148 cm³/mol. The molecule has 2 aromatic heterocycles. The molecule has 2 aliphatic heterocycles. The molecule has 196 valence electrons. The van der Waals surface area contributed by atoms with Gasteiger partial charge >= 0.3 is 0 Å². The molecule has 0 spiro atoms. The molecule has 4 heterocycles. The fourth-order valence-corrected chi connectivity index (χ4v) is 7.12. The van der Waals surface area contributed by atoms with E-state index in [2.05, 4.69) is 11.4 Å². The Bertz CT molecular complexity index is 1410. The number of morpholine rings is 1. The van der Waals surface area contributed by atoms with E-state index < -0.39 is 0 Å². The smallest absolute Gasteiger partial charge is 0.268 e. The van der Waals surface area contributed by atoms with Crippen molar-refractivity contribution in [3.05, 3.63) is 82.5 Å². The number of para-hydroxylation sites is 1. The van der Waals surface area contributed by atoms with Gasteiger partial charge in [0.25, 0.3) is 5.91 Å². The van der Waals surface area contributed by atoms with Gasteiger partial charge in [-0.15, -0.1) is 11.3 Å². The van der Waals surface area contributed by atoms with Crippen LogP contribution in [-0.4, -0.2) is 51.3 Å². The van der Waals surface area contributed by atoms with Crippen LogP contribution in [-0.2, 0) is 11.2 Å². The van der Waals surface area contributed by atoms with Crippen LogP contribution in [0, 0.1) is 23.6 Å². The summed E-state index contributed by atoms with van der Waals surface area (Å²) in [5.41, 5.74) is 2.00. The SMILES string of the molecule is O=C(c1cccs1)N(c1ccc(N2CCOCC2)c(F)c1)C(Cc1cc2ccccc2o1)C1C2CNCC21. The van der Waals surface area contributed by atoms with Gasteiger partial charge in [0.2, 0.25) is 0 Å². The van der Waals surface area contributed by atoms with Crippen molar-refractivity contribution in [1.82, 2.24) is 5.32 Å². The second kappa shape index (κ2) is 9.84. The van der Waals surface area contributed by atoms with Gasteiger partial charge in [0.15, 0.2) is 0 Å². The van der Waals surface area contributed by atoms with Crippen molar-refractivity contribution < 1.29 is 18.3 Å². The number of amides is 1. The lowest BCUT2D eigenvalue weighted by Crippen LogP contribution is -2.45. The van der Waals surface area contributed by atoms with Gasteiger partial charge in [-0.25, -0.2) is 4.39 Å². The quantitative estimate of drug-likeness (QED) is 0.356. The van der Waals surface area contributed by atoms with Gasteiger partial charge < -0.3 is 24.3 Å². The maximum atomic E-state index is 15.6. The molecular formula is C30H30FN3O3S. The monoisotopic (exact) mass is 531 g/mol. The fourth-order valence-electron chi connectivity index (χ4n) is 6.46. The third-order valence-electron chi connectivity index (χ3n) is 8.33. The number of anilines is 2. The highest BCUT2D eigenvalue weighted by atomic mass is 32.1. The molecule has 3 aliphatic rings. The van der Waals surface area contributed by atoms with Crippen molar-refractivity contribution in [2.75, 3.05) is 49.2 Å². The highest BCUT2D eigenvalue weighted by Crippen LogP contribution is 2.53. The molecule has 6 nitrogen and oxygen atoms in total. The number of nitrogens with one attached hydrogen (secondary N) is 1. The van der Waals surface area contributed by atoms with Crippen molar-refractivity contribution in [3.63, 3.8) is 0 Å². The zero-order valence-corrected chi connectivity index (χ0v) is 21.8. The van der Waals surface area contributed by atoms with Crippen molar-refractivity contribution in [2.24, 2.45) is 17.8 Å². The van der Waals surface area contributed by atoms with Gasteiger partial charge in [-0.1, -0.05) is 24.3 Å². The van der Waals surface area contributed by atoms with E-state index in [0.717, 1.165) is 29.8 Å². The van der Waals surface area contributed by atoms with Crippen molar-refractivity contribution in [3.8, 4) is 0 Å².